The van der Waals surface area contributed by atoms with Gasteiger partial charge in [-0.2, -0.15) is 0 Å². The summed E-state index contributed by atoms with van der Waals surface area (Å²) in [6.07, 6.45) is 14.6. The molecule has 1 N–H and O–H groups in total. The third-order valence-corrected chi connectivity index (χ3v) is 8.09. The van der Waals surface area contributed by atoms with Crippen molar-refractivity contribution in [2.75, 3.05) is 6.61 Å². The summed E-state index contributed by atoms with van der Waals surface area (Å²) in [6.45, 7) is 3.32. The van der Waals surface area contributed by atoms with Crippen molar-refractivity contribution in [3.05, 3.63) is 22.8 Å². The second-order valence-corrected chi connectivity index (χ2v) is 9.11. The van der Waals surface area contributed by atoms with Gasteiger partial charge in [0, 0.05) is 12.0 Å². The Balaban J connectivity index is 1.48. The molecule has 1 aliphatic heterocycles. The van der Waals surface area contributed by atoms with Crippen LogP contribution in [0.5, 0.6) is 0 Å². The monoisotopic (exact) mass is 314 g/mol. The standard InChI is InChI=1S/C21H30O2/c1-20-10-7-16-15-8-11-21(9-2-12-23-21)13-14(15)3-4-17(16)18(20)5-6-19(20)22/h7,17-19,22H,2-6,8-13H2,1H3/t17?,18?,19-,20+,21?/m1/s1. The SMILES string of the molecule is C[C@]12CC=C3C4=C(CCC3C1CC[C@H]2O)CC1(CCCO1)CC4. The lowest BCUT2D eigenvalue weighted by Gasteiger charge is -2.48. The first-order valence-electron chi connectivity index (χ1n) is 9.85. The van der Waals surface area contributed by atoms with Crippen LogP contribution < -0.4 is 0 Å². The van der Waals surface area contributed by atoms with Gasteiger partial charge in [0.25, 0.3) is 0 Å². The van der Waals surface area contributed by atoms with E-state index in [1.165, 1.54) is 51.4 Å². The molecule has 1 saturated heterocycles. The molecule has 0 aromatic heterocycles. The molecule has 5 atom stereocenters. The summed E-state index contributed by atoms with van der Waals surface area (Å²) in [7, 11) is 0. The normalized spacial score (nSPS) is 49.0. The summed E-state index contributed by atoms with van der Waals surface area (Å²) in [6, 6.07) is 0. The van der Waals surface area contributed by atoms with Crippen LogP contribution in [-0.2, 0) is 4.74 Å². The first kappa shape index (κ1) is 14.7. The first-order valence-corrected chi connectivity index (χ1v) is 9.85. The van der Waals surface area contributed by atoms with E-state index in [0.717, 1.165) is 25.4 Å². The lowest BCUT2D eigenvalue weighted by molar-refractivity contribution is -0.00964. The van der Waals surface area contributed by atoms with Crippen LogP contribution in [0.15, 0.2) is 22.8 Å². The van der Waals surface area contributed by atoms with Crippen LogP contribution in [0, 0.1) is 17.3 Å². The summed E-state index contributed by atoms with van der Waals surface area (Å²) in [4.78, 5) is 0. The number of aliphatic hydroxyl groups is 1. The summed E-state index contributed by atoms with van der Waals surface area (Å²) >= 11 is 0. The highest BCUT2D eigenvalue weighted by Gasteiger charge is 2.53. The van der Waals surface area contributed by atoms with E-state index >= 15 is 0 Å². The molecule has 23 heavy (non-hydrogen) atoms. The Kier molecular flexibility index (Phi) is 3.17. The zero-order valence-electron chi connectivity index (χ0n) is 14.4. The molecule has 0 radical (unpaired) electrons. The van der Waals surface area contributed by atoms with Crippen molar-refractivity contribution in [3.8, 4) is 0 Å². The lowest BCUT2D eigenvalue weighted by Crippen LogP contribution is -2.42. The Hall–Kier alpha value is -0.600. The minimum Gasteiger partial charge on any atom is -0.393 e. The number of fused-ring (bicyclic) bond motifs is 4. The molecule has 2 nitrogen and oxygen atoms in total. The van der Waals surface area contributed by atoms with Gasteiger partial charge in [0.2, 0.25) is 0 Å². The van der Waals surface area contributed by atoms with Crippen LogP contribution in [0.2, 0.25) is 0 Å². The molecule has 4 aliphatic carbocycles. The van der Waals surface area contributed by atoms with E-state index in [1.807, 2.05) is 0 Å². The molecule has 3 unspecified atom stereocenters. The molecule has 1 heterocycles. The van der Waals surface area contributed by atoms with Gasteiger partial charge in [0.15, 0.2) is 0 Å². The lowest BCUT2D eigenvalue weighted by atomic mass is 9.58. The second kappa shape index (κ2) is 4.95. The number of hydrogen-bond donors (Lipinski definition) is 1. The molecule has 126 valence electrons. The van der Waals surface area contributed by atoms with Crippen molar-refractivity contribution in [1.82, 2.24) is 0 Å². The Bertz CT molecular complexity index is 581. The maximum Gasteiger partial charge on any atom is 0.0723 e. The van der Waals surface area contributed by atoms with Crippen molar-refractivity contribution < 1.29 is 9.84 Å². The van der Waals surface area contributed by atoms with Crippen LogP contribution >= 0.6 is 0 Å². The molecule has 1 spiro atoms. The summed E-state index contributed by atoms with van der Waals surface area (Å²) < 4.78 is 6.18. The second-order valence-electron chi connectivity index (χ2n) is 9.11. The predicted octanol–water partition coefficient (Wildman–Crippen LogP) is 4.53. The Morgan fingerprint density at radius 2 is 2.09 bits per heavy atom. The third kappa shape index (κ3) is 2.00. The Morgan fingerprint density at radius 1 is 1.17 bits per heavy atom. The maximum atomic E-state index is 10.5. The summed E-state index contributed by atoms with van der Waals surface area (Å²) in [5.41, 5.74) is 5.49. The molecule has 2 heteroatoms. The van der Waals surface area contributed by atoms with Crippen LogP contribution in [0.1, 0.15) is 71.1 Å². The zero-order chi connectivity index (χ0) is 15.7. The Morgan fingerprint density at radius 3 is 2.91 bits per heavy atom. The van der Waals surface area contributed by atoms with Gasteiger partial charge in [0.05, 0.1) is 11.7 Å². The van der Waals surface area contributed by atoms with Crippen LogP contribution in [0.25, 0.3) is 0 Å². The summed E-state index contributed by atoms with van der Waals surface area (Å²) in [5, 5.41) is 10.5. The van der Waals surface area contributed by atoms with E-state index in [-0.39, 0.29) is 17.1 Å². The largest absolute Gasteiger partial charge is 0.393 e. The van der Waals surface area contributed by atoms with E-state index < -0.39 is 0 Å². The predicted molar refractivity (Wildman–Crippen MR) is 91.1 cm³/mol. The van der Waals surface area contributed by atoms with Crippen molar-refractivity contribution >= 4 is 0 Å². The highest BCUT2D eigenvalue weighted by molar-refractivity contribution is 5.45. The highest BCUT2D eigenvalue weighted by Crippen LogP contribution is 2.60. The molecule has 0 aromatic carbocycles. The van der Waals surface area contributed by atoms with Crippen molar-refractivity contribution in [2.45, 2.75) is 82.8 Å². The average molecular weight is 314 g/mol. The Labute approximate surface area is 140 Å². The van der Waals surface area contributed by atoms with Crippen molar-refractivity contribution in [1.29, 1.82) is 0 Å². The maximum absolute atomic E-state index is 10.5. The molecule has 5 rings (SSSR count). The van der Waals surface area contributed by atoms with Gasteiger partial charge in [-0.1, -0.05) is 18.6 Å². The molecular weight excluding hydrogens is 284 g/mol. The third-order valence-electron chi connectivity index (χ3n) is 8.09. The van der Waals surface area contributed by atoms with Gasteiger partial charge in [-0.3, -0.25) is 0 Å². The van der Waals surface area contributed by atoms with Crippen LogP contribution in [0.3, 0.4) is 0 Å². The van der Waals surface area contributed by atoms with E-state index in [1.54, 1.807) is 16.7 Å². The topological polar surface area (TPSA) is 29.5 Å². The zero-order valence-corrected chi connectivity index (χ0v) is 14.4. The van der Waals surface area contributed by atoms with E-state index in [2.05, 4.69) is 13.0 Å². The van der Waals surface area contributed by atoms with Crippen molar-refractivity contribution in [2.24, 2.45) is 17.3 Å². The quantitative estimate of drug-likeness (QED) is 0.711. The number of allylic oxidation sites excluding steroid dienone is 3. The molecule has 1 saturated carbocycles. The van der Waals surface area contributed by atoms with Gasteiger partial charge >= 0.3 is 0 Å². The first-order chi connectivity index (χ1) is 11.1. The molecular formula is C21H30O2. The number of ether oxygens (including phenoxy) is 1. The minimum absolute atomic E-state index is 0.0813. The molecule has 0 bridgehead atoms. The van der Waals surface area contributed by atoms with E-state index in [0.29, 0.717) is 5.92 Å². The van der Waals surface area contributed by atoms with Gasteiger partial charge in [-0.25, -0.2) is 0 Å². The fraction of sp³-hybridized carbons (Fsp3) is 0.810. The molecule has 0 amide bonds. The molecule has 0 aromatic rings. The van der Waals surface area contributed by atoms with Crippen LogP contribution in [-0.4, -0.2) is 23.4 Å². The fourth-order valence-electron chi connectivity index (χ4n) is 6.72. The number of rotatable bonds is 0. The highest BCUT2D eigenvalue weighted by atomic mass is 16.5. The van der Waals surface area contributed by atoms with Gasteiger partial charge < -0.3 is 9.84 Å². The van der Waals surface area contributed by atoms with Crippen LogP contribution in [0.4, 0.5) is 0 Å². The van der Waals surface area contributed by atoms with Gasteiger partial charge in [-0.05, 0) is 87.2 Å². The smallest absolute Gasteiger partial charge is 0.0723 e. The van der Waals surface area contributed by atoms with Crippen molar-refractivity contribution in [3.63, 3.8) is 0 Å². The van der Waals surface area contributed by atoms with E-state index in [9.17, 15) is 5.11 Å². The number of hydrogen-bond acceptors (Lipinski definition) is 2. The average Bonchev–Trinajstić information content (AvgIpc) is 3.12. The molecule has 2 fully saturated rings. The fourth-order valence-corrected chi connectivity index (χ4v) is 6.72. The summed E-state index contributed by atoms with van der Waals surface area (Å²) in [5.74, 6) is 1.44. The van der Waals surface area contributed by atoms with Gasteiger partial charge in [0.1, 0.15) is 0 Å². The molecule has 5 aliphatic rings. The van der Waals surface area contributed by atoms with E-state index in [4.69, 9.17) is 4.74 Å². The minimum atomic E-state index is -0.0813. The van der Waals surface area contributed by atoms with Gasteiger partial charge in [-0.15, -0.1) is 0 Å². The number of aliphatic hydroxyl groups excluding tert-OH is 1.